The number of nitrogens with one attached hydrogen (secondary N) is 2. The summed E-state index contributed by atoms with van der Waals surface area (Å²) in [4.78, 5) is 22.3. The van der Waals surface area contributed by atoms with Crippen molar-refractivity contribution >= 4 is 17.7 Å². The maximum atomic E-state index is 11.8. The first kappa shape index (κ1) is 14.3. The van der Waals surface area contributed by atoms with Gasteiger partial charge in [-0.2, -0.15) is 5.10 Å². The van der Waals surface area contributed by atoms with E-state index in [2.05, 4.69) is 15.7 Å². The van der Waals surface area contributed by atoms with Crippen LogP contribution in [0.4, 0.5) is 10.5 Å². The third-order valence-corrected chi connectivity index (χ3v) is 3.22. The van der Waals surface area contributed by atoms with E-state index in [0.717, 1.165) is 12.8 Å². The quantitative estimate of drug-likeness (QED) is 0.637. The first-order valence-corrected chi connectivity index (χ1v) is 6.53. The minimum absolute atomic E-state index is 0.0625. The van der Waals surface area contributed by atoms with E-state index in [-0.39, 0.29) is 24.7 Å². The fourth-order valence-corrected chi connectivity index (χ4v) is 2.23. The molecular weight excluding hydrogens is 264 g/mol. The number of carboxylic acid groups (broad SMARTS) is 1. The number of nitrogens with zero attached hydrogens (tertiary/aromatic N) is 2. The van der Waals surface area contributed by atoms with Crippen molar-refractivity contribution in [3.05, 3.63) is 12.4 Å². The Kier molecular flexibility index (Phi) is 4.57. The monoisotopic (exact) mass is 282 g/mol. The zero-order valence-electron chi connectivity index (χ0n) is 11.0. The van der Waals surface area contributed by atoms with Crippen molar-refractivity contribution in [1.82, 2.24) is 15.1 Å². The topological polar surface area (TPSA) is 116 Å². The third-order valence-electron chi connectivity index (χ3n) is 3.22. The van der Waals surface area contributed by atoms with Gasteiger partial charge in [0.25, 0.3) is 0 Å². The first-order chi connectivity index (χ1) is 9.52. The zero-order chi connectivity index (χ0) is 14.5. The SMILES string of the molecule is O=C(O)Cn1cc(NC(=O)NC2CCC(O)CC2)cn1. The Balaban J connectivity index is 1.79. The molecule has 0 aliphatic heterocycles. The van der Waals surface area contributed by atoms with E-state index in [1.807, 2.05) is 0 Å². The smallest absolute Gasteiger partial charge is 0.325 e. The molecule has 1 aliphatic rings. The lowest BCUT2D eigenvalue weighted by molar-refractivity contribution is -0.137. The van der Waals surface area contributed by atoms with E-state index in [1.165, 1.54) is 17.1 Å². The van der Waals surface area contributed by atoms with Crippen LogP contribution in [-0.4, -0.2) is 44.1 Å². The lowest BCUT2D eigenvalue weighted by Crippen LogP contribution is -2.40. The Labute approximate surface area is 115 Å². The number of anilines is 1. The molecule has 2 rings (SSSR count). The highest BCUT2D eigenvalue weighted by Crippen LogP contribution is 2.18. The highest BCUT2D eigenvalue weighted by atomic mass is 16.4. The van der Waals surface area contributed by atoms with Gasteiger partial charge in [-0.1, -0.05) is 0 Å². The van der Waals surface area contributed by atoms with Gasteiger partial charge in [-0.3, -0.25) is 9.48 Å². The van der Waals surface area contributed by atoms with Crippen LogP contribution in [0.1, 0.15) is 25.7 Å². The van der Waals surface area contributed by atoms with E-state index in [1.54, 1.807) is 0 Å². The van der Waals surface area contributed by atoms with Gasteiger partial charge in [0, 0.05) is 12.2 Å². The Bertz CT molecular complexity index is 480. The molecule has 110 valence electrons. The molecule has 0 saturated heterocycles. The third kappa shape index (κ3) is 4.23. The van der Waals surface area contributed by atoms with Crippen LogP contribution >= 0.6 is 0 Å². The summed E-state index contributed by atoms with van der Waals surface area (Å²) in [5, 5.41) is 27.3. The second-order valence-electron chi connectivity index (χ2n) is 4.92. The number of urea groups is 1. The fourth-order valence-electron chi connectivity index (χ4n) is 2.23. The molecule has 0 radical (unpaired) electrons. The Morgan fingerprint density at radius 3 is 2.70 bits per heavy atom. The van der Waals surface area contributed by atoms with Crippen molar-refractivity contribution < 1.29 is 19.8 Å². The van der Waals surface area contributed by atoms with Crippen LogP contribution in [0.15, 0.2) is 12.4 Å². The van der Waals surface area contributed by atoms with Gasteiger partial charge >= 0.3 is 12.0 Å². The molecule has 8 heteroatoms. The van der Waals surface area contributed by atoms with Gasteiger partial charge in [0.15, 0.2) is 0 Å². The first-order valence-electron chi connectivity index (χ1n) is 6.53. The summed E-state index contributed by atoms with van der Waals surface area (Å²) >= 11 is 0. The van der Waals surface area contributed by atoms with Crippen LogP contribution in [0, 0.1) is 0 Å². The highest BCUT2D eigenvalue weighted by Gasteiger charge is 2.20. The standard InChI is InChI=1S/C12H18N4O4/c17-10-3-1-8(2-4-10)14-12(20)15-9-5-13-16(6-9)7-11(18)19/h5-6,8,10,17H,1-4,7H2,(H,18,19)(H2,14,15,20). The number of hydrogen-bond acceptors (Lipinski definition) is 4. The van der Waals surface area contributed by atoms with Crippen molar-refractivity contribution in [2.45, 2.75) is 44.4 Å². The molecule has 20 heavy (non-hydrogen) atoms. The number of aliphatic carboxylic acids is 1. The van der Waals surface area contributed by atoms with E-state index >= 15 is 0 Å². The summed E-state index contributed by atoms with van der Waals surface area (Å²) < 4.78 is 1.23. The number of carbonyl (C=O) groups is 2. The summed E-state index contributed by atoms with van der Waals surface area (Å²) in [5.41, 5.74) is 0.444. The van der Waals surface area contributed by atoms with Crippen molar-refractivity contribution in [3.63, 3.8) is 0 Å². The van der Waals surface area contributed by atoms with Crippen LogP contribution in [0.25, 0.3) is 0 Å². The van der Waals surface area contributed by atoms with E-state index in [4.69, 9.17) is 5.11 Å². The number of aliphatic hydroxyl groups excluding tert-OH is 1. The number of hydrogen-bond donors (Lipinski definition) is 4. The lowest BCUT2D eigenvalue weighted by Gasteiger charge is -2.26. The van der Waals surface area contributed by atoms with Crippen molar-refractivity contribution in [1.29, 1.82) is 0 Å². The minimum Gasteiger partial charge on any atom is -0.480 e. The van der Waals surface area contributed by atoms with Gasteiger partial charge in [-0.25, -0.2) is 4.79 Å². The molecule has 0 unspecified atom stereocenters. The maximum Gasteiger partial charge on any atom is 0.325 e. The normalized spacial score (nSPS) is 22.2. The molecule has 1 heterocycles. The minimum atomic E-state index is -0.995. The molecule has 1 saturated carbocycles. The van der Waals surface area contributed by atoms with Crippen molar-refractivity contribution in [2.24, 2.45) is 0 Å². The van der Waals surface area contributed by atoms with Gasteiger partial charge in [0.05, 0.1) is 18.0 Å². The van der Waals surface area contributed by atoms with Gasteiger partial charge < -0.3 is 20.8 Å². The summed E-state index contributed by atoms with van der Waals surface area (Å²) in [6.07, 6.45) is 5.50. The van der Waals surface area contributed by atoms with Gasteiger partial charge in [0.1, 0.15) is 6.54 Å². The lowest BCUT2D eigenvalue weighted by atomic mass is 9.93. The molecule has 0 spiro atoms. The molecular formula is C12H18N4O4. The summed E-state index contributed by atoms with van der Waals surface area (Å²) in [6.45, 7) is -0.246. The number of rotatable bonds is 4. The van der Waals surface area contributed by atoms with Gasteiger partial charge in [0.2, 0.25) is 0 Å². The number of carboxylic acids is 1. The second-order valence-corrected chi connectivity index (χ2v) is 4.92. The van der Waals surface area contributed by atoms with E-state index < -0.39 is 5.97 Å². The predicted molar refractivity (Wildman–Crippen MR) is 70.3 cm³/mol. The fraction of sp³-hybridized carbons (Fsp3) is 0.583. The molecule has 1 aromatic heterocycles. The second kappa shape index (κ2) is 6.38. The Morgan fingerprint density at radius 1 is 1.35 bits per heavy atom. The average Bonchev–Trinajstić information content (AvgIpc) is 2.78. The Hall–Kier alpha value is -2.09. The maximum absolute atomic E-state index is 11.8. The van der Waals surface area contributed by atoms with Crippen LogP contribution in [0.5, 0.6) is 0 Å². The number of carbonyl (C=O) groups excluding carboxylic acids is 1. The summed E-state index contributed by atoms with van der Waals surface area (Å²) in [6, 6.07) is -0.284. The van der Waals surface area contributed by atoms with Crippen LogP contribution in [0.2, 0.25) is 0 Å². The van der Waals surface area contributed by atoms with E-state index in [9.17, 15) is 14.7 Å². The number of aromatic nitrogens is 2. The molecule has 1 aliphatic carbocycles. The van der Waals surface area contributed by atoms with E-state index in [0.29, 0.717) is 18.5 Å². The van der Waals surface area contributed by atoms with Crippen LogP contribution in [0.3, 0.4) is 0 Å². The van der Waals surface area contributed by atoms with Crippen molar-refractivity contribution in [2.75, 3.05) is 5.32 Å². The van der Waals surface area contributed by atoms with Gasteiger partial charge in [-0.05, 0) is 25.7 Å². The van der Waals surface area contributed by atoms with Crippen molar-refractivity contribution in [3.8, 4) is 0 Å². The summed E-state index contributed by atoms with van der Waals surface area (Å²) in [5.74, 6) is -0.995. The molecule has 4 N–H and O–H groups in total. The molecule has 0 aromatic carbocycles. The van der Waals surface area contributed by atoms with Gasteiger partial charge in [-0.15, -0.1) is 0 Å². The molecule has 8 nitrogen and oxygen atoms in total. The van der Waals surface area contributed by atoms with Crippen LogP contribution in [-0.2, 0) is 11.3 Å². The predicted octanol–water partition coefficient (Wildman–Crippen LogP) is 0.393. The summed E-state index contributed by atoms with van der Waals surface area (Å²) in [7, 11) is 0. The molecule has 1 fully saturated rings. The molecule has 0 bridgehead atoms. The number of aliphatic hydroxyl groups is 1. The number of amides is 2. The zero-order valence-corrected chi connectivity index (χ0v) is 11.0. The molecule has 2 amide bonds. The molecule has 0 atom stereocenters. The Morgan fingerprint density at radius 2 is 2.05 bits per heavy atom. The average molecular weight is 282 g/mol. The molecule has 1 aromatic rings. The largest absolute Gasteiger partial charge is 0.480 e. The highest BCUT2D eigenvalue weighted by molar-refractivity contribution is 5.89. The van der Waals surface area contributed by atoms with Crippen LogP contribution < -0.4 is 10.6 Å².